The van der Waals surface area contributed by atoms with E-state index in [4.69, 9.17) is 4.74 Å². The lowest BCUT2D eigenvalue weighted by Gasteiger charge is -2.20. The standard InChI is InChI=1S/C23H26N6O2/c1-13(16-10-22(30)25-11-16)31-21-9-15(8-19-18(21)12-28(3)26-19)14-5-6-20-17(7-14)23(24-2)27-29(20)4/h5-9,12-13,16H,10-11H2,1-4H3,(H,24,27)(H,25,30). The summed E-state index contributed by atoms with van der Waals surface area (Å²) in [5.41, 5.74) is 4.04. The molecule has 3 heterocycles. The second-order valence-electron chi connectivity index (χ2n) is 8.26. The molecule has 4 aromatic rings. The Morgan fingerprint density at radius 2 is 2.00 bits per heavy atom. The summed E-state index contributed by atoms with van der Waals surface area (Å²) in [7, 11) is 5.73. The van der Waals surface area contributed by atoms with E-state index in [1.807, 2.05) is 38.9 Å². The highest BCUT2D eigenvalue weighted by Gasteiger charge is 2.28. The molecule has 2 aromatic heterocycles. The van der Waals surface area contributed by atoms with Crippen LogP contribution in [0.4, 0.5) is 5.82 Å². The zero-order valence-electron chi connectivity index (χ0n) is 18.1. The zero-order chi connectivity index (χ0) is 21.7. The van der Waals surface area contributed by atoms with Crippen molar-refractivity contribution in [3.8, 4) is 16.9 Å². The molecule has 8 heteroatoms. The molecule has 1 fully saturated rings. The Morgan fingerprint density at radius 3 is 2.74 bits per heavy atom. The number of amides is 1. The van der Waals surface area contributed by atoms with Crippen LogP contribution in [0.25, 0.3) is 32.9 Å². The number of hydrogen-bond donors (Lipinski definition) is 2. The quantitative estimate of drug-likeness (QED) is 0.520. The van der Waals surface area contributed by atoms with Gasteiger partial charge in [-0.25, -0.2) is 0 Å². The van der Waals surface area contributed by atoms with Crippen molar-refractivity contribution < 1.29 is 9.53 Å². The summed E-state index contributed by atoms with van der Waals surface area (Å²) in [5.74, 6) is 1.88. The first-order chi connectivity index (χ1) is 14.9. The molecule has 1 aliphatic rings. The molecule has 0 bridgehead atoms. The maximum Gasteiger partial charge on any atom is 0.220 e. The normalized spacial score (nSPS) is 17.3. The summed E-state index contributed by atoms with van der Waals surface area (Å²) in [6.45, 7) is 2.68. The lowest BCUT2D eigenvalue weighted by Crippen LogP contribution is -2.25. The fraction of sp³-hybridized carbons (Fsp3) is 0.348. The van der Waals surface area contributed by atoms with Gasteiger partial charge >= 0.3 is 0 Å². The van der Waals surface area contributed by atoms with Crippen molar-refractivity contribution >= 4 is 33.5 Å². The summed E-state index contributed by atoms with van der Waals surface area (Å²) in [5, 5.41) is 17.2. The van der Waals surface area contributed by atoms with Gasteiger partial charge in [-0.2, -0.15) is 10.2 Å². The number of benzene rings is 2. The third-order valence-electron chi connectivity index (χ3n) is 6.11. The van der Waals surface area contributed by atoms with E-state index in [1.165, 1.54) is 0 Å². The number of carbonyl (C=O) groups excluding carboxylic acids is 1. The van der Waals surface area contributed by atoms with E-state index in [0.29, 0.717) is 13.0 Å². The number of anilines is 1. The molecule has 2 atom stereocenters. The second kappa shape index (κ2) is 7.30. The molecule has 1 saturated heterocycles. The van der Waals surface area contributed by atoms with Gasteiger partial charge in [-0.15, -0.1) is 0 Å². The average Bonchev–Trinajstić information content (AvgIpc) is 3.44. The number of ether oxygens (including phenoxy) is 1. The Balaban J connectivity index is 1.58. The molecule has 1 aliphatic heterocycles. The minimum absolute atomic E-state index is 0.0886. The number of carbonyl (C=O) groups is 1. The van der Waals surface area contributed by atoms with Crippen LogP contribution in [0, 0.1) is 5.92 Å². The number of aromatic nitrogens is 4. The lowest BCUT2D eigenvalue weighted by atomic mass is 10.0. The Labute approximate surface area is 180 Å². The van der Waals surface area contributed by atoms with Crippen molar-refractivity contribution in [2.45, 2.75) is 19.4 Å². The first-order valence-corrected chi connectivity index (χ1v) is 10.5. The summed E-state index contributed by atoms with van der Waals surface area (Å²) in [6, 6.07) is 10.5. The number of rotatable bonds is 5. The maximum atomic E-state index is 11.6. The van der Waals surface area contributed by atoms with Gasteiger partial charge in [-0.1, -0.05) is 6.07 Å². The highest BCUT2D eigenvalue weighted by molar-refractivity contribution is 5.96. The summed E-state index contributed by atoms with van der Waals surface area (Å²) < 4.78 is 10.1. The topological polar surface area (TPSA) is 86.0 Å². The highest BCUT2D eigenvalue weighted by atomic mass is 16.5. The summed E-state index contributed by atoms with van der Waals surface area (Å²) >= 11 is 0. The van der Waals surface area contributed by atoms with Gasteiger partial charge in [0.05, 0.1) is 16.4 Å². The van der Waals surface area contributed by atoms with Gasteiger partial charge in [0.1, 0.15) is 11.9 Å². The van der Waals surface area contributed by atoms with Crippen LogP contribution in [0.5, 0.6) is 5.75 Å². The van der Waals surface area contributed by atoms with Crippen LogP contribution in [-0.4, -0.2) is 45.2 Å². The third kappa shape index (κ3) is 3.37. The van der Waals surface area contributed by atoms with E-state index in [-0.39, 0.29) is 17.9 Å². The number of fused-ring (bicyclic) bond motifs is 2. The van der Waals surface area contributed by atoms with Crippen LogP contribution in [0.3, 0.4) is 0 Å². The van der Waals surface area contributed by atoms with Crippen LogP contribution >= 0.6 is 0 Å². The van der Waals surface area contributed by atoms with E-state index in [9.17, 15) is 4.79 Å². The van der Waals surface area contributed by atoms with Crippen molar-refractivity contribution in [2.75, 3.05) is 18.9 Å². The Kier molecular flexibility index (Phi) is 4.57. The molecule has 0 aliphatic carbocycles. The first-order valence-electron chi connectivity index (χ1n) is 10.5. The second-order valence-corrected chi connectivity index (χ2v) is 8.26. The lowest BCUT2D eigenvalue weighted by molar-refractivity contribution is -0.119. The summed E-state index contributed by atoms with van der Waals surface area (Å²) in [4.78, 5) is 11.6. The molecule has 2 N–H and O–H groups in total. The molecule has 0 saturated carbocycles. The van der Waals surface area contributed by atoms with E-state index < -0.39 is 0 Å². The largest absolute Gasteiger partial charge is 0.490 e. The van der Waals surface area contributed by atoms with Gasteiger partial charge in [0.15, 0.2) is 5.82 Å². The SMILES string of the molecule is CNc1nn(C)c2ccc(-c3cc(OC(C)C4CNC(=O)C4)c4cn(C)nc4c3)cc12. The average molecular weight is 419 g/mol. The highest BCUT2D eigenvalue weighted by Crippen LogP contribution is 2.35. The van der Waals surface area contributed by atoms with Crippen molar-refractivity contribution in [2.24, 2.45) is 20.0 Å². The van der Waals surface area contributed by atoms with Gasteiger partial charge in [0.25, 0.3) is 0 Å². The monoisotopic (exact) mass is 418 g/mol. The van der Waals surface area contributed by atoms with Crippen molar-refractivity contribution in [3.05, 3.63) is 36.5 Å². The van der Waals surface area contributed by atoms with Gasteiger partial charge in [-0.3, -0.25) is 14.2 Å². The minimum atomic E-state index is -0.0886. The van der Waals surface area contributed by atoms with Crippen LogP contribution in [0.15, 0.2) is 36.5 Å². The fourth-order valence-electron chi connectivity index (χ4n) is 4.36. The predicted octanol–water partition coefficient (Wildman–Crippen LogP) is 3.07. The number of aryl methyl sites for hydroxylation is 2. The molecule has 160 valence electrons. The number of nitrogens with one attached hydrogen (secondary N) is 2. The third-order valence-corrected chi connectivity index (χ3v) is 6.11. The van der Waals surface area contributed by atoms with Gasteiger partial charge in [0, 0.05) is 51.6 Å². The molecule has 1 amide bonds. The van der Waals surface area contributed by atoms with E-state index in [2.05, 4.69) is 51.2 Å². The molecule has 0 radical (unpaired) electrons. The molecular formula is C23H26N6O2. The molecule has 0 spiro atoms. The molecule has 8 nitrogen and oxygen atoms in total. The van der Waals surface area contributed by atoms with Crippen molar-refractivity contribution in [3.63, 3.8) is 0 Å². The smallest absolute Gasteiger partial charge is 0.220 e. The van der Waals surface area contributed by atoms with E-state index in [1.54, 1.807) is 4.68 Å². The Bertz CT molecular complexity index is 1300. The van der Waals surface area contributed by atoms with Crippen molar-refractivity contribution in [1.82, 2.24) is 24.9 Å². The van der Waals surface area contributed by atoms with E-state index in [0.717, 1.165) is 44.5 Å². The molecular weight excluding hydrogens is 392 g/mol. The van der Waals surface area contributed by atoms with E-state index >= 15 is 0 Å². The van der Waals surface area contributed by atoms with Gasteiger partial charge in [-0.05, 0) is 42.3 Å². The number of hydrogen-bond acceptors (Lipinski definition) is 5. The molecule has 2 unspecified atom stereocenters. The molecule has 5 rings (SSSR count). The van der Waals surface area contributed by atoms with Gasteiger partial charge in [0.2, 0.25) is 5.91 Å². The van der Waals surface area contributed by atoms with Crippen molar-refractivity contribution in [1.29, 1.82) is 0 Å². The number of nitrogens with zero attached hydrogens (tertiary/aromatic N) is 4. The zero-order valence-corrected chi connectivity index (χ0v) is 18.1. The van der Waals surface area contributed by atoms with Crippen LogP contribution < -0.4 is 15.4 Å². The molecule has 31 heavy (non-hydrogen) atoms. The first kappa shape index (κ1) is 19.4. The fourth-order valence-corrected chi connectivity index (χ4v) is 4.36. The Hall–Kier alpha value is -3.55. The minimum Gasteiger partial charge on any atom is -0.490 e. The van der Waals surface area contributed by atoms with Gasteiger partial charge < -0.3 is 15.4 Å². The van der Waals surface area contributed by atoms with Crippen LogP contribution in [0.2, 0.25) is 0 Å². The van der Waals surface area contributed by atoms with Crippen LogP contribution in [-0.2, 0) is 18.9 Å². The Morgan fingerprint density at radius 1 is 1.16 bits per heavy atom. The molecule has 2 aromatic carbocycles. The summed E-state index contributed by atoms with van der Waals surface area (Å²) in [6.07, 6.45) is 2.39. The predicted molar refractivity (Wildman–Crippen MR) is 121 cm³/mol. The maximum absolute atomic E-state index is 11.6. The van der Waals surface area contributed by atoms with Crippen LogP contribution in [0.1, 0.15) is 13.3 Å².